The maximum Gasteiger partial charge on any atom is 0.224 e. The first-order chi connectivity index (χ1) is 12.2. The van der Waals surface area contributed by atoms with Gasteiger partial charge in [0.1, 0.15) is 5.78 Å². The average molecular weight is 354 g/mol. The van der Waals surface area contributed by atoms with Gasteiger partial charge in [-0.3, -0.25) is 9.59 Å². The van der Waals surface area contributed by atoms with Crippen LogP contribution in [0.4, 0.5) is 0 Å². The molecule has 0 aromatic rings. The van der Waals surface area contributed by atoms with Crippen molar-refractivity contribution in [2.45, 2.75) is 129 Å². The summed E-state index contributed by atoms with van der Waals surface area (Å²) >= 11 is 0. The largest absolute Gasteiger partial charge is 0.369 e. The minimum atomic E-state index is -0.503. The first-order valence-electron chi connectivity index (χ1n) is 11.0. The van der Waals surface area contributed by atoms with Crippen molar-refractivity contribution in [2.75, 3.05) is 0 Å². The first kappa shape index (κ1) is 24.1. The van der Waals surface area contributed by atoms with E-state index in [1.165, 1.54) is 96.3 Å². The number of primary amides is 1. The summed E-state index contributed by atoms with van der Waals surface area (Å²) in [5.41, 5.74) is 5.00. The third-order valence-electron chi connectivity index (χ3n) is 4.93. The van der Waals surface area contributed by atoms with Crippen molar-refractivity contribution in [2.24, 2.45) is 5.73 Å². The molecule has 0 heterocycles. The zero-order valence-electron chi connectivity index (χ0n) is 16.8. The van der Waals surface area contributed by atoms with E-state index < -0.39 is 5.91 Å². The summed E-state index contributed by atoms with van der Waals surface area (Å²) in [7, 11) is 0. The van der Waals surface area contributed by atoms with Crippen LogP contribution < -0.4 is 5.73 Å². The summed E-state index contributed by atoms with van der Waals surface area (Å²) in [6, 6.07) is 0. The molecule has 0 aliphatic rings. The molecule has 0 rings (SSSR count). The monoisotopic (exact) mass is 353 g/mol. The predicted octanol–water partition coefficient (Wildman–Crippen LogP) is 6.47. The van der Waals surface area contributed by atoms with E-state index in [0.29, 0.717) is 6.42 Å². The Labute approximate surface area is 156 Å². The van der Waals surface area contributed by atoms with Gasteiger partial charge >= 0.3 is 0 Å². The normalized spacial score (nSPS) is 10.9. The molecule has 0 saturated heterocycles. The molecule has 0 aliphatic heterocycles. The first-order valence-corrected chi connectivity index (χ1v) is 11.0. The van der Waals surface area contributed by atoms with Gasteiger partial charge in [0.25, 0.3) is 0 Å². The lowest BCUT2D eigenvalue weighted by atomic mass is 10.0. The van der Waals surface area contributed by atoms with E-state index in [1.807, 2.05) is 0 Å². The average Bonchev–Trinajstić information content (AvgIpc) is 2.57. The molecule has 0 atom stereocenters. The Morgan fingerprint density at radius 2 is 0.880 bits per heavy atom. The number of amides is 1. The topological polar surface area (TPSA) is 60.2 Å². The highest BCUT2D eigenvalue weighted by molar-refractivity contribution is 5.97. The molecule has 0 aromatic heterocycles. The van der Waals surface area contributed by atoms with Crippen molar-refractivity contribution in [3.63, 3.8) is 0 Å². The predicted molar refractivity (Wildman–Crippen MR) is 108 cm³/mol. The quantitative estimate of drug-likeness (QED) is 0.201. The minimum Gasteiger partial charge on any atom is -0.369 e. The molecule has 148 valence electrons. The van der Waals surface area contributed by atoms with Crippen LogP contribution in [-0.4, -0.2) is 11.7 Å². The van der Waals surface area contributed by atoms with E-state index in [9.17, 15) is 9.59 Å². The number of rotatable bonds is 20. The molecule has 0 radical (unpaired) electrons. The van der Waals surface area contributed by atoms with E-state index in [1.54, 1.807) is 0 Å². The van der Waals surface area contributed by atoms with Gasteiger partial charge < -0.3 is 5.73 Å². The highest BCUT2D eigenvalue weighted by atomic mass is 16.2. The summed E-state index contributed by atoms with van der Waals surface area (Å²) in [5.74, 6) is -0.509. The highest BCUT2D eigenvalue weighted by Crippen LogP contribution is 2.14. The van der Waals surface area contributed by atoms with E-state index in [4.69, 9.17) is 5.73 Å². The smallest absolute Gasteiger partial charge is 0.224 e. The number of carbonyl (C=O) groups is 2. The van der Waals surface area contributed by atoms with Gasteiger partial charge in [0.2, 0.25) is 5.91 Å². The Kier molecular flexibility index (Phi) is 18.8. The Morgan fingerprint density at radius 1 is 0.560 bits per heavy atom. The SMILES string of the molecule is CCCCCCCCCCCCCCCCCCCC(=O)CC(N)=O. The van der Waals surface area contributed by atoms with Crippen LogP contribution in [-0.2, 0) is 9.59 Å². The molecule has 3 nitrogen and oxygen atoms in total. The van der Waals surface area contributed by atoms with Gasteiger partial charge in [-0.25, -0.2) is 0 Å². The van der Waals surface area contributed by atoms with Crippen LogP contribution in [0.1, 0.15) is 129 Å². The van der Waals surface area contributed by atoms with E-state index in [2.05, 4.69) is 6.92 Å². The van der Waals surface area contributed by atoms with Crippen LogP contribution in [0.25, 0.3) is 0 Å². The fourth-order valence-electron chi connectivity index (χ4n) is 3.33. The number of hydrogen-bond acceptors (Lipinski definition) is 2. The lowest BCUT2D eigenvalue weighted by molar-refractivity contribution is -0.126. The number of hydrogen-bond donors (Lipinski definition) is 1. The van der Waals surface area contributed by atoms with Crippen LogP contribution in [0.15, 0.2) is 0 Å². The zero-order chi connectivity index (χ0) is 18.6. The molecule has 0 unspecified atom stereocenters. The molecular weight excluding hydrogens is 310 g/mol. The van der Waals surface area contributed by atoms with Crippen LogP contribution in [0, 0.1) is 0 Å². The number of nitrogens with two attached hydrogens (primary N) is 1. The van der Waals surface area contributed by atoms with Gasteiger partial charge in [-0.15, -0.1) is 0 Å². The molecule has 2 N–H and O–H groups in total. The molecule has 0 spiro atoms. The van der Waals surface area contributed by atoms with Crippen molar-refractivity contribution in [1.29, 1.82) is 0 Å². The number of unbranched alkanes of at least 4 members (excludes halogenated alkanes) is 16. The Bertz CT molecular complexity index is 315. The fourth-order valence-corrected chi connectivity index (χ4v) is 3.33. The van der Waals surface area contributed by atoms with Gasteiger partial charge in [0.05, 0.1) is 6.42 Å². The summed E-state index contributed by atoms with van der Waals surface area (Å²) in [6.07, 6.45) is 23.2. The molecule has 1 amide bonds. The molecule has 0 aromatic carbocycles. The molecule has 0 bridgehead atoms. The van der Waals surface area contributed by atoms with Crippen LogP contribution in [0.5, 0.6) is 0 Å². The summed E-state index contributed by atoms with van der Waals surface area (Å²) in [6.45, 7) is 2.27. The molecular formula is C22H43NO2. The lowest BCUT2D eigenvalue weighted by Gasteiger charge is -2.03. The van der Waals surface area contributed by atoms with Crippen molar-refractivity contribution < 1.29 is 9.59 Å². The van der Waals surface area contributed by atoms with Gasteiger partial charge in [-0.1, -0.05) is 110 Å². The maximum absolute atomic E-state index is 11.3. The molecule has 25 heavy (non-hydrogen) atoms. The van der Waals surface area contributed by atoms with Crippen molar-refractivity contribution in [3.05, 3.63) is 0 Å². The Morgan fingerprint density at radius 3 is 1.20 bits per heavy atom. The van der Waals surface area contributed by atoms with Gasteiger partial charge in [0.15, 0.2) is 0 Å². The molecule has 0 fully saturated rings. The minimum absolute atomic E-state index is 0.00606. The molecule has 0 saturated carbocycles. The van der Waals surface area contributed by atoms with Crippen molar-refractivity contribution in [1.82, 2.24) is 0 Å². The third kappa shape index (κ3) is 21.1. The number of ketones is 1. The Balaban J connectivity index is 3.07. The number of carbonyl (C=O) groups excluding carboxylic acids is 2. The maximum atomic E-state index is 11.3. The second-order valence-corrected chi connectivity index (χ2v) is 7.59. The van der Waals surface area contributed by atoms with Gasteiger partial charge in [0, 0.05) is 6.42 Å². The summed E-state index contributed by atoms with van der Waals surface area (Å²) in [5, 5.41) is 0. The van der Waals surface area contributed by atoms with E-state index in [-0.39, 0.29) is 12.2 Å². The van der Waals surface area contributed by atoms with Crippen LogP contribution >= 0.6 is 0 Å². The summed E-state index contributed by atoms with van der Waals surface area (Å²) < 4.78 is 0. The Hall–Kier alpha value is -0.860. The van der Waals surface area contributed by atoms with Gasteiger partial charge in [-0.2, -0.15) is 0 Å². The van der Waals surface area contributed by atoms with E-state index in [0.717, 1.165) is 12.8 Å². The van der Waals surface area contributed by atoms with Gasteiger partial charge in [-0.05, 0) is 6.42 Å². The second kappa shape index (κ2) is 19.5. The van der Waals surface area contributed by atoms with E-state index >= 15 is 0 Å². The highest BCUT2D eigenvalue weighted by Gasteiger charge is 2.05. The zero-order valence-corrected chi connectivity index (χ0v) is 16.8. The van der Waals surface area contributed by atoms with Crippen molar-refractivity contribution in [3.8, 4) is 0 Å². The van der Waals surface area contributed by atoms with Crippen molar-refractivity contribution >= 4 is 11.7 Å². The second-order valence-electron chi connectivity index (χ2n) is 7.59. The summed E-state index contributed by atoms with van der Waals surface area (Å²) in [4.78, 5) is 21.9. The molecule has 0 aliphatic carbocycles. The third-order valence-corrected chi connectivity index (χ3v) is 4.93. The van der Waals surface area contributed by atoms with Crippen LogP contribution in [0.2, 0.25) is 0 Å². The van der Waals surface area contributed by atoms with Crippen LogP contribution in [0.3, 0.4) is 0 Å². The number of Topliss-reactive ketones (excluding diaryl/α,β-unsaturated/α-hetero) is 1. The fraction of sp³-hybridized carbons (Fsp3) is 0.909. The lowest BCUT2D eigenvalue weighted by Crippen LogP contribution is -2.15. The standard InChI is InChI=1S/C22H43NO2/c1-2-3-4-5-6-7-8-9-10-11-12-13-14-15-16-17-18-19-21(24)20-22(23)25/h2-20H2,1H3,(H2,23,25). The molecule has 3 heteroatoms.